The molecular formula is C10H18BF4O2-. The van der Waals surface area contributed by atoms with Crippen molar-refractivity contribution in [3.05, 3.63) is 12.2 Å². The first kappa shape index (κ1) is 18.4. The molecule has 7 heteroatoms. The maximum absolute atomic E-state index is 10.9. The number of unbranched alkanes of at least 4 members (excludes halogenated alkanes) is 3. The monoisotopic (exact) mass is 257 g/mol. The van der Waals surface area contributed by atoms with Crippen LogP contribution >= 0.6 is 0 Å². The van der Waals surface area contributed by atoms with Gasteiger partial charge >= 0.3 is 13.2 Å². The molecule has 0 aromatic carbocycles. The topological polar surface area (TPSA) is 26.3 Å². The van der Waals surface area contributed by atoms with E-state index >= 15 is 0 Å². The number of hydrogen-bond acceptors (Lipinski definition) is 2. The normalized spacial score (nSPS) is 10.2. The fourth-order valence-electron chi connectivity index (χ4n) is 0.817. The minimum Gasteiger partial charge on any atom is -0.462 e. The average Bonchev–Trinajstić information content (AvgIpc) is 2.14. The molecule has 0 amide bonds. The van der Waals surface area contributed by atoms with Gasteiger partial charge in [-0.3, -0.25) is 0 Å². The van der Waals surface area contributed by atoms with E-state index in [-0.39, 0.29) is 5.97 Å². The fourth-order valence-corrected chi connectivity index (χ4v) is 0.817. The molecule has 17 heavy (non-hydrogen) atoms. The van der Waals surface area contributed by atoms with E-state index in [1.54, 1.807) is 6.92 Å². The lowest BCUT2D eigenvalue weighted by Gasteiger charge is -2.02. The van der Waals surface area contributed by atoms with Crippen molar-refractivity contribution >= 4 is 13.2 Å². The van der Waals surface area contributed by atoms with Crippen LogP contribution in [0.5, 0.6) is 0 Å². The Morgan fingerprint density at radius 1 is 1.18 bits per heavy atom. The minimum atomic E-state index is -6.00. The van der Waals surface area contributed by atoms with Gasteiger partial charge in [-0.1, -0.05) is 32.8 Å². The lowest BCUT2D eigenvalue weighted by Crippen LogP contribution is -2.05. The summed E-state index contributed by atoms with van der Waals surface area (Å²) in [5, 5.41) is 0. The van der Waals surface area contributed by atoms with E-state index in [1.165, 1.54) is 12.8 Å². The van der Waals surface area contributed by atoms with Gasteiger partial charge < -0.3 is 22.0 Å². The van der Waals surface area contributed by atoms with E-state index < -0.39 is 7.25 Å². The highest BCUT2D eigenvalue weighted by Crippen LogP contribution is 2.06. The molecule has 0 aromatic heterocycles. The standard InChI is InChI=1S/C10H18O2.BF4/c1-4-5-6-7-8-12-10(11)9(2)3;2-1(3,4)5/h2,4-8H2,1,3H3;/q;-1. The summed E-state index contributed by atoms with van der Waals surface area (Å²) < 4.78 is 43.9. The first-order valence-electron chi connectivity index (χ1n) is 5.38. The Labute approximate surface area is 99.1 Å². The molecule has 0 radical (unpaired) electrons. The molecule has 0 aliphatic heterocycles. The molecule has 2 nitrogen and oxygen atoms in total. The van der Waals surface area contributed by atoms with Crippen molar-refractivity contribution in [1.29, 1.82) is 0 Å². The smallest absolute Gasteiger partial charge is 0.462 e. The minimum absolute atomic E-state index is 0.272. The number of rotatable bonds is 6. The lowest BCUT2D eigenvalue weighted by molar-refractivity contribution is -0.139. The third kappa shape index (κ3) is 25.3. The van der Waals surface area contributed by atoms with Crippen molar-refractivity contribution in [3.63, 3.8) is 0 Å². The second-order valence-corrected chi connectivity index (χ2v) is 3.47. The lowest BCUT2D eigenvalue weighted by atomic mass is 10.2. The molecular weight excluding hydrogens is 239 g/mol. The van der Waals surface area contributed by atoms with Crippen LogP contribution in [0.15, 0.2) is 12.2 Å². The van der Waals surface area contributed by atoms with E-state index in [1.807, 2.05) is 0 Å². The molecule has 102 valence electrons. The van der Waals surface area contributed by atoms with Crippen LogP contribution in [-0.2, 0) is 9.53 Å². The average molecular weight is 257 g/mol. The molecule has 0 bridgehead atoms. The van der Waals surface area contributed by atoms with Gasteiger partial charge in [-0.05, 0) is 13.3 Å². The summed E-state index contributed by atoms with van der Waals surface area (Å²) in [5.74, 6) is -0.272. The molecule has 0 spiro atoms. The third-order valence-electron chi connectivity index (χ3n) is 1.58. The molecule has 0 atom stereocenters. The van der Waals surface area contributed by atoms with Gasteiger partial charge in [0.05, 0.1) is 6.61 Å². The van der Waals surface area contributed by atoms with Crippen LogP contribution in [0.25, 0.3) is 0 Å². The van der Waals surface area contributed by atoms with E-state index in [2.05, 4.69) is 13.5 Å². The molecule has 0 aliphatic carbocycles. The Bertz CT molecular complexity index is 223. The second kappa shape index (κ2) is 10.2. The van der Waals surface area contributed by atoms with E-state index in [0.717, 1.165) is 12.8 Å². The van der Waals surface area contributed by atoms with Crippen molar-refractivity contribution in [2.75, 3.05) is 6.61 Å². The van der Waals surface area contributed by atoms with E-state index in [0.29, 0.717) is 12.2 Å². The molecule has 0 aliphatic rings. The number of hydrogen-bond donors (Lipinski definition) is 0. The van der Waals surface area contributed by atoms with Gasteiger partial charge in [0.15, 0.2) is 0 Å². The molecule has 0 rings (SSSR count). The highest BCUT2D eigenvalue weighted by molar-refractivity contribution is 6.50. The zero-order valence-electron chi connectivity index (χ0n) is 10.1. The van der Waals surface area contributed by atoms with Crippen molar-refractivity contribution in [3.8, 4) is 0 Å². The first-order valence-corrected chi connectivity index (χ1v) is 5.38. The Hall–Kier alpha value is -1.01. The predicted molar refractivity (Wildman–Crippen MR) is 60.1 cm³/mol. The molecule has 0 heterocycles. The molecule has 0 aromatic rings. The molecule has 0 saturated carbocycles. The molecule has 0 saturated heterocycles. The third-order valence-corrected chi connectivity index (χ3v) is 1.58. The maximum atomic E-state index is 10.9. The SMILES string of the molecule is C=C(C)C(=O)OCCCCCC.F[B-](F)(F)F. The van der Waals surface area contributed by atoms with E-state index in [4.69, 9.17) is 4.74 Å². The summed E-state index contributed by atoms with van der Waals surface area (Å²) in [7, 11) is -6.00. The van der Waals surface area contributed by atoms with Crippen molar-refractivity contribution in [2.45, 2.75) is 39.5 Å². The summed E-state index contributed by atoms with van der Waals surface area (Å²) in [6.45, 7) is 7.84. The number of carbonyl (C=O) groups is 1. The van der Waals surface area contributed by atoms with E-state index in [9.17, 15) is 22.1 Å². The molecule has 0 N–H and O–H groups in total. The Morgan fingerprint density at radius 3 is 2.00 bits per heavy atom. The summed E-state index contributed by atoms with van der Waals surface area (Å²) in [6.07, 6.45) is 4.52. The quantitative estimate of drug-likeness (QED) is 0.236. The Morgan fingerprint density at radius 2 is 1.65 bits per heavy atom. The van der Waals surface area contributed by atoms with Crippen molar-refractivity contribution in [1.82, 2.24) is 0 Å². The van der Waals surface area contributed by atoms with Crippen LogP contribution in [-0.4, -0.2) is 19.8 Å². The van der Waals surface area contributed by atoms with Crippen LogP contribution in [0.2, 0.25) is 0 Å². The van der Waals surface area contributed by atoms with Gasteiger partial charge in [-0.2, -0.15) is 0 Å². The van der Waals surface area contributed by atoms with Gasteiger partial charge in [-0.15, -0.1) is 0 Å². The highest BCUT2D eigenvalue weighted by atomic mass is 19.5. The van der Waals surface area contributed by atoms with Gasteiger partial charge in [0.2, 0.25) is 0 Å². The number of esters is 1. The van der Waals surface area contributed by atoms with Crippen LogP contribution < -0.4 is 0 Å². The van der Waals surface area contributed by atoms with Gasteiger partial charge in [0.1, 0.15) is 0 Å². The maximum Gasteiger partial charge on any atom is 0.673 e. The Balaban J connectivity index is 0. The van der Waals surface area contributed by atoms with Crippen LogP contribution in [0, 0.1) is 0 Å². The van der Waals surface area contributed by atoms with Gasteiger partial charge in [0.25, 0.3) is 0 Å². The largest absolute Gasteiger partial charge is 0.673 e. The summed E-state index contributed by atoms with van der Waals surface area (Å²) in [4.78, 5) is 10.9. The van der Waals surface area contributed by atoms with Crippen molar-refractivity contribution in [2.24, 2.45) is 0 Å². The Kier molecular flexibility index (Phi) is 11.0. The summed E-state index contributed by atoms with van der Waals surface area (Å²) >= 11 is 0. The zero-order valence-corrected chi connectivity index (χ0v) is 10.1. The summed E-state index contributed by atoms with van der Waals surface area (Å²) in [5.41, 5.74) is 0.477. The number of halogens is 4. The van der Waals surface area contributed by atoms with Crippen molar-refractivity contribution < 1.29 is 26.8 Å². The van der Waals surface area contributed by atoms with Crippen LogP contribution in [0.3, 0.4) is 0 Å². The predicted octanol–water partition coefficient (Wildman–Crippen LogP) is 3.99. The highest BCUT2D eigenvalue weighted by Gasteiger charge is 2.20. The first-order chi connectivity index (χ1) is 7.68. The van der Waals surface area contributed by atoms with Gasteiger partial charge in [0, 0.05) is 5.57 Å². The van der Waals surface area contributed by atoms with Crippen LogP contribution in [0.1, 0.15) is 39.5 Å². The molecule has 0 unspecified atom stereocenters. The zero-order chi connectivity index (χ0) is 13.9. The van der Waals surface area contributed by atoms with Gasteiger partial charge in [-0.25, -0.2) is 4.79 Å². The van der Waals surface area contributed by atoms with Crippen LogP contribution in [0.4, 0.5) is 17.3 Å². The summed E-state index contributed by atoms with van der Waals surface area (Å²) in [6, 6.07) is 0. The number of carbonyl (C=O) groups excluding carboxylic acids is 1. The molecule has 0 fully saturated rings. The fraction of sp³-hybridized carbons (Fsp3) is 0.700. The number of ether oxygens (including phenoxy) is 1. The second-order valence-electron chi connectivity index (χ2n) is 3.47.